The summed E-state index contributed by atoms with van der Waals surface area (Å²) in [7, 11) is 1.53. The minimum atomic E-state index is -0.131. The number of allylic oxidation sites excluding steroid dienone is 2. The van der Waals surface area contributed by atoms with Crippen molar-refractivity contribution in [3.8, 4) is 5.75 Å². The molecule has 0 spiro atoms. The molecule has 19 heavy (non-hydrogen) atoms. The molecule has 0 saturated carbocycles. The maximum absolute atomic E-state index is 13.4. The number of ether oxygens (including phenoxy) is 1. The Bertz CT molecular complexity index is 426. The molecule has 2 nitrogen and oxygen atoms in total. The molecule has 0 N–H and O–H groups in total. The Morgan fingerprint density at radius 2 is 2.00 bits per heavy atom. The summed E-state index contributed by atoms with van der Waals surface area (Å²) in [6, 6.07) is 1.79. The number of nitrogens with zero attached hydrogens (tertiary/aromatic N) is 1. The van der Waals surface area contributed by atoms with Gasteiger partial charge in [0, 0.05) is 6.20 Å². The maximum Gasteiger partial charge on any atom is 0.171 e. The average molecular weight is 288 g/mol. The molecule has 0 aliphatic carbocycles. The molecule has 0 amide bonds. The minimum absolute atomic E-state index is 0.131. The fraction of sp³-hybridized carbons (Fsp3) is 0.533. The quantitative estimate of drug-likeness (QED) is 0.709. The summed E-state index contributed by atoms with van der Waals surface area (Å²) in [4.78, 5) is 4.02. The number of hydrogen-bond donors (Lipinski definition) is 0. The molecule has 108 valence electrons. The maximum atomic E-state index is 13.4. The van der Waals surface area contributed by atoms with Gasteiger partial charge in [-0.2, -0.15) is 0 Å². The van der Waals surface area contributed by atoms with Crippen molar-refractivity contribution in [2.75, 3.05) is 7.11 Å². The van der Waals surface area contributed by atoms with Crippen molar-refractivity contribution in [2.24, 2.45) is 5.92 Å². The van der Waals surface area contributed by atoms with E-state index < -0.39 is 0 Å². The number of pyridine rings is 1. The van der Waals surface area contributed by atoms with E-state index in [0.717, 1.165) is 11.1 Å². The van der Waals surface area contributed by atoms with Gasteiger partial charge in [-0.1, -0.05) is 39.3 Å². The molecule has 0 bridgehead atoms. The summed E-state index contributed by atoms with van der Waals surface area (Å²) in [5.74, 6) is 0.555. The van der Waals surface area contributed by atoms with Crippen LogP contribution in [0.25, 0.3) is 0 Å². The molecule has 0 aliphatic rings. The molecule has 1 aromatic rings. The zero-order valence-electron chi connectivity index (χ0n) is 12.6. The molecule has 1 heterocycles. The first-order valence-corrected chi connectivity index (χ1v) is 6.87. The molecule has 4 heteroatoms. The van der Waals surface area contributed by atoms with Crippen molar-refractivity contribution >= 4 is 11.6 Å². The molecular weight excluding hydrogens is 265 g/mol. The van der Waals surface area contributed by atoms with Crippen molar-refractivity contribution in [3.05, 3.63) is 34.4 Å². The number of hydrogen-bond acceptors (Lipinski definition) is 2. The number of aromatic nitrogens is 1. The third-order valence-corrected chi connectivity index (χ3v) is 2.90. The van der Waals surface area contributed by atoms with Crippen molar-refractivity contribution in [3.63, 3.8) is 0 Å². The van der Waals surface area contributed by atoms with Gasteiger partial charge in [-0.3, -0.25) is 0 Å². The van der Waals surface area contributed by atoms with Crippen molar-refractivity contribution in [1.82, 2.24) is 4.98 Å². The van der Waals surface area contributed by atoms with E-state index in [0.29, 0.717) is 17.3 Å². The van der Waals surface area contributed by atoms with Gasteiger partial charge < -0.3 is 4.74 Å². The van der Waals surface area contributed by atoms with Crippen molar-refractivity contribution in [1.29, 1.82) is 0 Å². The lowest BCUT2D eigenvalue weighted by molar-refractivity contribution is 0.412. The van der Waals surface area contributed by atoms with E-state index in [1.165, 1.54) is 14.0 Å². The van der Waals surface area contributed by atoms with E-state index >= 15 is 0 Å². The van der Waals surface area contributed by atoms with Crippen molar-refractivity contribution in [2.45, 2.75) is 41.0 Å². The van der Waals surface area contributed by atoms with Crippen LogP contribution in [-0.2, 0) is 6.42 Å². The normalized spacial score (nSPS) is 11.6. The number of rotatable bonds is 4. The van der Waals surface area contributed by atoms with Crippen LogP contribution in [0.15, 0.2) is 23.7 Å². The van der Waals surface area contributed by atoms with Crippen LogP contribution in [0, 0.1) is 5.92 Å². The van der Waals surface area contributed by atoms with Gasteiger partial charge >= 0.3 is 0 Å². The van der Waals surface area contributed by atoms with E-state index in [4.69, 9.17) is 16.3 Å². The zero-order valence-corrected chi connectivity index (χ0v) is 13.3. The molecule has 0 radical (unpaired) electrons. The monoisotopic (exact) mass is 287 g/mol. The van der Waals surface area contributed by atoms with Crippen LogP contribution in [0.4, 0.5) is 4.39 Å². The number of halogens is 2. The first kappa shape index (κ1) is 17.9. The molecule has 0 unspecified atom stereocenters. The Hall–Kier alpha value is -1.09. The van der Waals surface area contributed by atoms with Crippen LogP contribution in [0.3, 0.4) is 0 Å². The lowest BCUT2D eigenvalue weighted by atomic mass is 9.96. The lowest BCUT2D eigenvalue weighted by Crippen LogP contribution is -2.01. The summed E-state index contributed by atoms with van der Waals surface area (Å²) in [6.07, 6.45) is 2.18. The Morgan fingerprint density at radius 1 is 1.42 bits per heavy atom. The van der Waals surface area contributed by atoms with Crippen LogP contribution >= 0.6 is 11.6 Å². The summed E-state index contributed by atoms with van der Waals surface area (Å²) in [6.45, 7) is 9.42. The van der Waals surface area contributed by atoms with Gasteiger partial charge in [-0.05, 0) is 36.5 Å². The highest BCUT2D eigenvalue weighted by Crippen LogP contribution is 2.26. The predicted octanol–water partition coefficient (Wildman–Crippen LogP) is 5.21. The molecule has 1 aromatic heterocycles. The summed E-state index contributed by atoms with van der Waals surface area (Å²) >= 11 is 5.84. The van der Waals surface area contributed by atoms with Gasteiger partial charge in [0.1, 0.15) is 0 Å². The Balaban J connectivity index is 0.00000154. The molecule has 0 atom stereocenters. The second-order valence-corrected chi connectivity index (χ2v) is 4.58. The minimum Gasteiger partial charge on any atom is -0.494 e. The zero-order chi connectivity index (χ0) is 15.0. The summed E-state index contributed by atoms with van der Waals surface area (Å²) in [5.41, 5.74) is 1.67. The molecule has 0 saturated heterocycles. The molecule has 0 aliphatic heterocycles. The highest BCUT2D eigenvalue weighted by molar-refractivity contribution is 6.30. The van der Waals surface area contributed by atoms with E-state index in [-0.39, 0.29) is 11.7 Å². The van der Waals surface area contributed by atoms with E-state index in [1.54, 1.807) is 12.3 Å². The smallest absolute Gasteiger partial charge is 0.171 e. The third kappa shape index (κ3) is 5.60. The summed E-state index contributed by atoms with van der Waals surface area (Å²) in [5, 5.41) is 0.322. The Morgan fingerprint density at radius 3 is 2.42 bits per heavy atom. The van der Waals surface area contributed by atoms with Gasteiger partial charge in [0.15, 0.2) is 10.9 Å². The highest BCUT2D eigenvalue weighted by atomic mass is 35.5. The van der Waals surface area contributed by atoms with Gasteiger partial charge in [0.2, 0.25) is 0 Å². The first-order valence-electron chi connectivity index (χ1n) is 6.49. The standard InChI is InChI=1S/C13H17ClFNO.C2H6/c1-8(2)11(9(3)15)5-10-6-12(17-4)13(14)16-7-10;1-2/h6-8H,5H2,1-4H3;1-2H3/b11-9+;. The largest absolute Gasteiger partial charge is 0.494 e. The van der Waals surface area contributed by atoms with Gasteiger partial charge in [0.05, 0.1) is 12.9 Å². The van der Waals surface area contributed by atoms with E-state index in [9.17, 15) is 4.39 Å². The molecule has 0 aromatic carbocycles. The lowest BCUT2D eigenvalue weighted by Gasteiger charge is -2.12. The van der Waals surface area contributed by atoms with Crippen LogP contribution in [0.2, 0.25) is 5.15 Å². The highest BCUT2D eigenvalue weighted by Gasteiger charge is 2.11. The summed E-state index contributed by atoms with van der Waals surface area (Å²) < 4.78 is 18.4. The van der Waals surface area contributed by atoms with Gasteiger partial charge in [-0.15, -0.1) is 0 Å². The van der Waals surface area contributed by atoms with Crippen LogP contribution in [0.5, 0.6) is 5.75 Å². The van der Waals surface area contributed by atoms with Gasteiger partial charge in [-0.25, -0.2) is 9.37 Å². The topological polar surface area (TPSA) is 22.1 Å². The Kier molecular flexibility index (Phi) is 8.41. The molecular formula is C15H23ClFNO. The second kappa shape index (κ2) is 8.92. The van der Waals surface area contributed by atoms with Crippen LogP contribution in [-0.4, -0.2) is 12.1 Å². The first-order chi connectivity index (χ1) is 8.95. The van der Waals surface area contributed by atoms with E-state index in [1.807, 2.05) is 27.7 Å². The third-order valence-electron chi connectivity index (χ3n) is 2.62. The van der Waals surface area contributed by atoms with Crippen molar-refractivity contribution < 1.29 is 9.13 Å². The number of methoxy groups -OCH3 is 1. The second-order valence-electron chi connectivity index (χ2n) is 4.23. The van der Waals surface area contributed by atoms with Gasteiger partial charge in [0.25, 0.3) is 0 Å². The molecule has 0 fully saturated rings. The van der Waals surface area contributed by atoms with Crippen LogP contribution in [0.1, 0.15) is 40.2 Å². The van der Waals surface area contributed by atoms with E-state index in [2.05, 4.69) is 4.98 Å². The average Bonchev–Trinajstić information content (AvgIpc) is 2.39. The predicted molar refractivity (Wildman–Crippen MR) is 79.5 cm³/mol. The Labute approximate surface area is 120 Å². The van der Waals surface area contributed by atoms with Crippen LogP contribution < -0.4 is 4.74 Å². The molecule has 1 rings (SSSR count). The fourth-order valence-corrected chi connectivity index (χ4v) is 1.83. The SMILES string of the molecule is CC.COc1cc(C/C(=C(/C)F)C(C)C)cnc1Cl. The fourth-order valence-electron chi connectivity index (χ4n) is 1.65.